The number of likely N-dealkylation sites (N-methyl/N-ethyl adjacent to an activating group) is 1. The number of carbonyl (C=O) groups is 2. The molecule has 0 saturated heterocycles. The Labute approximate surface area is 184 Å². The molecule has 0 spiro atoms. The number of hydrogen-bond donors (Lipinski definition) is 1. The van der Waals surface area contributed by atoms with Crippen LogP contribution >= 0.6 is 0 Å². The molecule has 1 aliphatic rings. The number of benzene rings is 2. The van der Waals surface area contributed by atoms with Gasteiger partial charge in [0.2, 0.25) is 21.8 Å². The Morgan fingerprint density at radius 2 is 1.81 bits per heavy atom. The molecule has 0 fully saturated rings. The molecule has 31 heavy (non-hydrogen) atoms. The second-order valence-corrected chi connectivity index (χ2v) is 9.95. The van der Waals surface area contributed by atoms with Crippen LogP contribution in [0.5, 0.6) is 0 Å². The number of sulfonamides is 1. The molecule has 166 valence electrons. The minimum absolute atomic E-state index is 0.0700. The van der Waals surface area contributed by atoms with Crippen LogP contribution in [0, 0.1) is 5.92 Å². The van der Waals surface area contributed by atoms with Crippen molar-refractivity contribution in [2.75, 3.05) is 18.5 Å². The summed E-state index contributed by atoms with van der Waals surface area (Å²) in [7, 11) is -2.24. The normalized spacial score (nSPS) is 14.4. The van der Waals surface area contributed by atoms with Gasteiger partial charge in [0.05, 0.1) is 4.90 Å². The molecular formula is C23H29N3O4S. The van der Waals surface area contributed by atoms with Crippen molar-refractivity contribution in [3.63, 3.8) is 0 Å². The Hall–Kier alpha value is -2.71. The third-order valence-electron chi connectivity index (χ3n) is 5.49. The first-order chi connectivity index (χ1) is 14.6. The van der Waals surface area contributed by atoms with E-state index in [0.717, 1.165) is 16.8 Å². The number of amides is 2. The Kier molecular flexibility index (Phi) is 6.81. The minimum atomic E-state index is -3.92. The van der Waals surface area contributed by atoms with Gasteiger partial charge in [0.1, 0.15) is 6.04 Å². The third kappa shape index (κ3) is 5.14. The van der Waals surface area contributed by atoms with Crippen LogP contribution in [-0.4, -0.2) is 44.8 Å². The van der Waals surface area contributed by atoms with Crippen LogP contribution in [-0.2, 0) is 32.6 Å². The standard InChI is InChI=1S/C23H29N3O4S/c1-16(2)22(23(28)25(4)15-18-8-6-5-7-9-18)24-31(29,30)20-10-11-21-19(14-20)12-13-26(21)17(3)27/h5-11,14,16,22,24H,12-13,15H2,1-4H3/t22-/m0/s1. The van der Waals surface area contributed by atoms with E-state index in [4.69, 9.17) is 0 Å². The molecule has 3 rings (SSSR count). The van der Waals surface area contributed by atoms with Crippen molar-refractivity contribution < 1.29 is 18.0 Å². The highest BCUT2D eigenvalue weighted by Crippen LogP contribution is 2.30. The lowest BCUT2D eigenvalue weighted by Crippen LogP contribution is -2.49. The summed E-state index contributed by atoms with van der Waals surface area (Å²) in [5.41, 5.74) is 2.52. The second kappa shape index (κ2) is 9.20. The van der Waals surface area contributed by atoms with E-state index < -0.39 is 16.1 Å². The van der Waals surface area contributed by atoms with Crippen molar-refractivity contribution >= 4 is 27.5 Å². The van der Waals surface area contributed by atoms with E-state index in [0.29, 0.717) is 19.5 Å². The molecule has 2 aromatic rings. The highest BCUT2D eigenvalue weighted by atomic mass is 32.2. The van der Waals surface area contributed by atoms with Crippen molar-refractivity contribution in [1.82, 2.24) is 9.62 Å². The predicted molar refractivity (Wildman–Crippen MR) is 120 cm³/mol. The molecule has 0 saturated carbocycles. The van der Waals surface area contributed by atoms with Crippen molar-refractivity contribution in [2.45, 2.75) is 44.7 Å². The molecule has 8 heteroatoms. The molecule has 1 aliphatic heterocycles. The van der Waals surface area contributed by atoms with Gasteiger partial charge in [-0.05, 0) is 41.7 Å². The molecular weight excluding hydrogens is 414 g/mol. The molecule has 1 heterocycles. The fraction of sp³-hybridized carbons (Fsp3) is 0.391. The van der Waals surface area contributed by atoms with Crippen LogP contribution in [0.2, 0.25) is 0 Å². The minimum Gasteiger partial charge on any atom is -0.340 e. The topological polar surface area (TPSA) is 86.8 Å². The fourth-order valence-corrected chi connectivity index (χ4v) is 5.14. The van der Waals surface area contributed by atoms with Crippen molar-refractivity contribution in [1.29, 1.82) is 0 Å². The molecule has 0 unspecified atom stereocenters. The van der Waals surface area contributed by atoms with Crippen LogP contribution < -0.4 is 9.62 Å². The van der Waals surface area contributed by atoms with Gasteiger partial charge in [-0.15, -0.1) is 0 Å². The summed E-state index contributed by atoms with van der Waals surface area (Å²) >= 11 is 0. The quantitative estimate of drug-likeness (QED) is 0.713. The fourth-order valence-electron chi connectivity index (χ4n) is 3.75. The number of anilines is 1. The number of hydrogen-bond acceptors (Lipinski definition) is 4. The number of carbonyl (C=O) groups excluding carboxylic acids is 2. The predicted octanol–water partition coefficient (Wildman–Crippen LogP) is 2.56. The number of rotatable bonds is 7. The van der Waals surface area contributed by atoms with Crippen LogP contribution in [0.1, 0.15) is 31.9 Å². The summed E-state index contributed by atoms with van der Waals surface area (Å²) in [5, 5.41) is 0. The van der Waals surface area contributed by atoms with Gasteiger partial charge in [-0.25, -0.2) is 8.42 Å². The molecule has 0 radical (unpaired) electrons. The molecule has 7 nitrogen and oxygen atoms in total. The van der Waals surface area contributed by atoms with Crippen LogP contribution in [0.4, 0.5) is 5.69 Å². The lowest BCUT2D eigenvalue weighted by Gasteiger charge is -2.27. The van der Waals surface area contributed by atoms with Gasteiger partial charge in [-0.1, -0.05) is 44.2 Å². The summed E-state index contributed by atoms with van der Waals surface area (Å²) < 4.78 is 28.8. The summed E-state index contributed by atoms with van der Waals surface area (Å²) in [5.74, 6) is -0.589. The van der Waals surface area contributed by atoms with Gasteiger partial charge < -0.3 is 9.80 Å². The van der Waals surface area contributed by atoms with Crippen LogP contribution in [0.3, 0.4) is 0 Å². The maximum atomic E-state index is 13.1. The summed E-state index contributed by atoms with van der Waals surface area (Å²) in [4.78, 5) is 28.1. The van der Waals surface area contributed by atoms with Gasteiger partial charge in [-0.2, -0.15) is 4.72 Å². The van der Waals surface area contributed by atoms with E-state index >= 15 is 0 Å². The maximum absolute atomic E-state index is 13.1. The molecule has 2 amide bonds. The lowest BCUT2D eigenvalue weighted by molar-refractivity contribution is -0.133. The lowest BCUT2D eigenvalue weighted by atomic mass is 10.0. The average molecular weight is 444 g/mol. The van der Waals surface area contributed by atoms with Gasteiger partial charge in [-0.3, -0.25) is 9.59 Å². The molecule has 0 aliphatic carbocycles. The Morgan fingerprint density at radius 1 is 1.13 bits per heavy atom. The maximum Gasteiger partial charge on any atom is 0.241 e. The van der Waals surface area contributed by atoms with Gasteiger partial charge in [0.25, 0.3) is 0 Å². The molecule has 0 bridgehead atoms. The first kappa shape index (κ1) is 23.0. The first-order valence-corrected chi connectivity index (χ1v) is 11.8. The largest absolute Gasteiger partial charge is 0.340 e. The Balaban J connectivity index is 1.79. The summed E-state index contributed by atoms with van der Waals surface area (Å²) in [6.07, 6.45) is 0.602. The van der Waals surface area contributed by atoms with Crippen molar-refractivity contribution in [2.24, 2.45) is 5.92 Å². The molecule has 2 aromatic carbocycles. The summed E-state index contributed by atoms with van der Waals surface area (Å²) in [6, 6.07) is 13.4. The van der Waals surface area contributed by atoms with E-state index in [1.807, 2.05) is 44.2 Å². The number of fused-ring (bicyclic) bond motifs is 1. The van der Waals surface area contributed by atoms with E-state index in [1.54, 1.807) is 24.1 Å². The monoisotopic (exact) mass is 443 g/mol. The van der Waals surface area contributed by atoms with E-state index in [2.05, 4.69) is 4.72 Å². The summed E-state index contributed by atoms with van der Waals surface area (Å²) in [6.45, 7) is 6.05. The van der Waals surface area contributed by atoms with Crippen LogP contribution in [0.25, 0.3) is 0 Å². The van der Waals surface area contributed by atoms with Crippen molar-refractivity contribution in [3.05, 3.63) is 59.7 Å². The molecule has 1 N–H and O–H groups in total. The number of nitrogens with one attached hydrogen (secondary N) is 1. The van der Waals surface area contributed by atoms with Gasteiger partial charge in [0, 0.05) is 32.7 Å². The zero-order chi connectivity index (χ0) is 22.8. The van der Waals surface area contributed by atoms with E-state index in [1.165, 1.54) is 17.9 Å². The zero-order valence-corrected chi connectivity index (χ0v) is 19.1. The smallest absolute Gasteiger partial charge is 0.241 e. The highest BCUT2D eigenvalue weighted by Gasteiger charge is 2.31. The second-order valence-electron chi connectivity index (χ2n) is 8.23. The van der Waals surface area contributed by atoms with Gasteiger partial charge >= 0.3 is 0 Å². The van der Waals surface area contributed by atoms with Crippen molar-refractivity contribution in [3.8, 4) is 0 Å². The van der Waals surface area contributed by atoms with E-state index in [-0.39, 0.29) is 22.6 Å². The molecule has 1 atom stereocenters. The SMILES string of the molecule is CC(=O)N1CCc2cc(S(=O)(=O)N[C@H](C(=O)N(C)Cc3ccccc3)C(C)C)ccc21. The zero-order valence-electron chi connectivity index (χ0n) is 18.3. The Bertz CT molecular complexity index is 1070. The average Bonchev–Trinajstić information content (AvgIpc) is 3.15. The Morgan fingerprint density at radius 3 is 2.42 bits per heavy atom. The first-order valence-electron chi connectivity index (χ1n) is 10.3. The van der Waals surface area contributed by atoms with E-state index in [9.17, 15) is 18.0 Å². The molecule has 0 aromatic heterocycles. The number of nitrogens with zero attached hydrogens (tertiary/aromatic N) is 2. The van der Waals surface area contributed by atoms with Gasteiger partial charge in [0.15, 0.2) is 0 Å². The highest BCUT2D eigenvalue weighted by molar-refractivity contribution is 7.89. The third-order valence-corrected chi connectivity index (χ3v) is 6.93. The van der Waals surface area contributed by atoms with Crippen LogP contribution in [0.15, 0.2) is 53.4 Å².